The van der Waals surface area contributed by atoms with E-state index >= 15 is 0 Å². The number of nitrogens with zero attached hydrogens (tertiary/aromatic N) is 4. The van der Waals surface area contributed by atoms with E-state index < -0.39 is 0 Å². The van der Waals surface area contributed by atoms with Crippen molar-refractivity contribution in [2.45, 2.75) is 44.6 Å². The summed E-state index contributed by atoms with van der Waals surface area (Å²) in [4.78, 5) is 25.6. The number of rotatable bonds is 2. The molecule has 124 valence electrons. The Kier molecular flexibility index (Phi) is 3.33. The molecule has 0 N–H and O–H groups in total. The summed E-state index contributed by atoms with van der Waals surface area (Å²) in [6.07, 6.45) is 10.8. The molecule has 0 atom stereocenters. The van der Waals surface area contributed by atoms with Gasteiger partial charge in [-0.15, -0.1) is 11.3 Å². The van der Waals surface area contributed by atoms with Gasteiger partial charge in [0.1, 0.15) is 9.53 Å². The van der Waals surface area contributed by atoms with Crippen LogP contribution >= 0.6 is 11.3 Å². The normalized spacial score (nSPS) is 19.1. The third-order valence-electron chi connectivity index (χ3n) is 5.45. The maximum Gasteiger partial charge on any atom is 0.271 e. The Morgan fingerprint density at radius 1 is 1.08 bits per heavy atom. The second-order valence-corrected chi connectivity index (χ2v) is 7.88. The Morgan fingerprint density at radius 3 is 2.67 bits per heavy atom. The summed E-state index contributed by atoms with van der Waals surface area (Å²) in [6.45, 7) is 2.16. The number of fused-ring (bicyclic) bond motifs is 3. The van der Waals surface area contributed by atoms with Gasteiger partial charge < -0.3 is 4.90 Å². The van der Waals surface area contributed by atoms with Gasteiger partial charge in [0.15, 0.2) is 0 Å². The molecule has 2 aliphatic rings. The van der Waals surface area contributed by atoms with Crippen LogP contribution in [-0.2, 0) is 0 Å². The van der Waals surface area contributed by atoms with Gasteiger partial charge in [-0.3, -0.25) is 9.36 Å². The quantitative estimate of drug-likeness (QED) is 0.713. The molecule has 3 aromatic heterocycles. The summed E-state index contributed by atoms with van der Waals surface area (Å²) in [7, 11) is 0. The average Bonchev–Trinajstić information content (AvgIpc) is 2.95. The Balaban J connectivity index is 1.72. The SMILES string of the molecule is O=c1c2sc3nccc(N4CCC4)c3c2ncn1C1CCCCC1. The number of hydrogen-bond donors (Lipinski definition) is 0. The van der Waals surface area contributed by atoms with E-state index in [-0.39, 0.29) is 5.56 Å². The van der Waals surface area contributed by atoms with Crippen molar-refractivity contribution < 1.29 is 0 Å². The van der Waals surface area contributed by atoms with E-state index in [1.165, 1.54) is 42.7 Å². The zero-order chi connectivity index (χ0) is 16.1. The predicted molar refractivity (Wildman–Crippen MR) is 98.1 cm³/mol. The molecule has 0 radical (unpaired) electrons. The molecule has 0 spiro atoms. The molecular formula is C18H20N4OS. The minimum Gasteiger partial charge on any atom is -0.371 e. The van der Waals surface area contributed by atoms with Crippen molar-refractivity contribution in [3.63, 3.8) is 0 Å². The first-order valence-electron chi connectivity index (χ1n) is 8.86. The minimum atomic E-state index is 0.115. The molecule has 1 saturated heterocycles. The standard InChI is InChI=1S/C18H20N4OS/c23-18-16-15(20-11-22(18)12-5-2-1-3-6-12)14-13(21-9-4-10-21)7-8-19-17(14)24-16/h7-8,11-12H,1-6,9-10H2. The Morgan fingerprint density at radius 2 is 1.92 bits per heavy atom. The Hall–Kier alpha value is -1.95. The van der Waals surface area contributed by atoms with Crippen LogP contribution in [0.15, 0.2) is 23.4 Å². The first kappa shape index (κ1) is 14.4. The van der Waals surface area contributed by atoms with Crippen LogP contribution in [0.2, 0.25) is 0 Å². The van der Waals surface area contributed by atoms with Gasteiger partial charge in [0.25, 0.3) is 5.56 Å². The van der Waals surface area contributed by atoms with E-state index in [0.717, 1.165) is 46.4 Å². The van der Waals surface area contributed by atoms with Crippen molar-refractivity contribution >= 4 is 37.5 Å². The van der Waals surface area contributed by atoms with Gasteiger partial charge in [-0.05, 0) is 25.3 Å². The van der Waals surface area contributed by atoms with E-state index in [1.54, 1.807) is 6.33 Å². The molecule has 5 nitrogen and oxygen atoms in total. The van der Waals surface area contributed by atoms with E-state index in [0.29, 0.717) is 6.04 Å². The fourth-order valence-corrected chi connectivity index (χ4v) is 5.04. The van der Waals surface area contributed by atoms with E-state index in [9.17, 15) is 4.79 Å². The van der Waals surface area contributed by atoms with Crippen molar-refractivity contribution in [2.24, 2.45) is 0 Å². The topological polar surface area (TPSA) is 51.0 Å². The second-order valence-electron chi connectivity index (χ2n) is 6.88. The fraction of sp³-hybridized carbons (Fsp3) is 0.500. The highest BCUT2D eigenvalue weighted by atomic mass is 32.1. The van der Waals surface area contributed by atoms with E-state index in [2.05, 4.69) is 16.0 Å². The van der Waals surface area contributed by atoms with Crippen molar-refractivity contribution in [3.8, 4) is 0 Å². The van der Waals surface area contributed by atoms with Crippen LogP contribution in [0.1, 0.15) is 44.6 Å². The van der Waals surface area contributed by atoms with Crippen molar-refractivity contribution in [1.29, 1.82) is 0 Å². The lowest BCUT2D eigenvalue weighted by atomic mass is 9.95. The molecule has 0 bridgehead atoms. The minimum absolute atomic E-state index is 0.115. The van der Waals surface area contributed by atoms with Crippen LogP contribution in [0.5, 0.6) is 0 Å². The lowest BCUT2D eigenvalue weighted by molar-refractivity contribution is 0.345. The molecule has 1 aliphatic carbocycles. The van der Waals surface area contributed by atoms with E-state index in [4.69, 9.17) is 4.98 Å². The van der Waals surface area contributed by atoms with Gasteiger partial charge in [-0.1, -0.05) is 19.3 Å². The lowest BCUT2D eigenvalue weighted by Crippen LogP contribution is -2.37. The second kappa shape index (κ2) is 5.55. The van der Waals surface area contributed by atoms with Crippen LogP contribution in [-0.4, -0.2) is 27.6 Å². The summed E-state index contributed by atoms with van der Waals surface area (Å²) in [5, 5.41) is 1.06. The summed E-state index contributed by atoms with van der Waals surface area (Å²) in [6, 6.07) is 2.37. The van der Waals surface area contributed by atoms with Gasteiger partial charge in [0, 0.05) is 25.3 Å². The highest BCUT2D eigenvalue weighted by molar-refractivity contribution is 7.25. The molecular weight excluding hydrogens is 320 g/mol. The fourth-order valence-electron chi connectivity index (χ4n) is 3.99. The maximum atomic E-state index is 13.1. The van der Waals surface area contributed by atoms with Crippen molar-refractivity contribution in [1.82, 2.24) is 14.5 Å². The molecule has 1 saturated carbocycles. The smallest absolute Gasteiger partial charge is 0.271 e. The van der Waals surface area contributed by atoms with E-state index in [1.807, 2.05) is 10.8 Å². The first-order valence-corrected chi connectivity index (χ1v) is 9.68. The van der Waals surface area contributed by atoms with Gasteiger partial charge in [-0.2, -0.15) is 0 Å². The molecule has 6 heteroatoms. The number of anilines is 1. The lowest BCUT2D eigenvalue weighted by Gasteiger charge is -2.33. The van der Waals surface area contributed by atoms with Gasteiger partial charge in [0.2, 0.25) is 0 Å². The molecule has 0 amide bonds. The van der Waals surface area contributed by atoms with Crippen LogP contribution < -0.4 is 10.5 Å². The van der Waals surface area contributed by atoms with Gasteiger partial charge in [-0.25, -0.2) is 9.97 Å². The van der Waals surface area contributed by atoms with Gasteiger partial charge in [0.05, 0.1) is 22.9 Å². The average molecular weight is 340 g/mol. The van der Waals surface area contributed by atoms with Crippen molar-refractivity contribution in [3.05, 3.63) is 28.9 Å². The number of thiophene rings is 1. The Bertz CT molecular complexity index is 966. The number of pyridine rings is 1. The molecule has 5 rings (SSSR count). The summed E-state index contributed by atoms with van der Waals surface area (Å²) >= 11 is 1.50. The summed E-state index contributed by atoms with van der Waals surface area (Å²) in [5.41, 5.74) is 2.13. The predicted octanol–water partition coefficient (Wildman–Crippen LogP) is 3.72. The molecule has 24 heavy (non-hydrogen) atoms. The van der Waals surface area contributed by atoms with Crippen LogP contribution in [0.4, 0.5) is 5.69 Å². The molecule has 3 aromatic rings. The third-order valence-corrected chi connectivity index (χ3v) is 6.52. The number of hydrogen-bond acceptors (Lipinski definition) is 5. The van der Waals surface area contributed by atoms with Crippen molar-refractivity contribution in [2.75, 3.05) is 18.0 Å². The van der Waals surface area contributed by atoms with Crippen LogP contribution in [0, 0.1) is 0 Å². The highest BCUT2D eigenvalue weighted by Crippen LogP contribution is 2.37. The summed E-state index contributed by atoms with van der Waals surface area (Å²) in [5.74, 6) is 0. The molecule has 1 aliphatic heterocycles. The molecule has 0 unspecified atom stereocenters. The van der Waals surface area contributed by atoms with Gasteiger partial charge >= 0.3 is 0 Å². The van der Waals surface area contributed by atoms with Crippen LogP contribution in [0.3, 0.4) is 0 Å². The largest absolute Gasteiger partial charge is 0.371 e. The Labute approximate surface area is 143 Å². The summed E-state index contributed by atoms with van der Waals surface area (Å²) < 4.78 is 2.64. The zero-order valence-corrected chi connectivity index (χ0v) is 14.4. The maximum absolute atomic E-state index is 13.1. The monoisotopic (exact) mass is 340 g/mol. The van der Waals surface area contributed by atoms with Crippen LogP contribution in [0.25, 0.3) is 20.4 Å². The molecule has 2 fully saturated rings. The molecule has 0 aromatic carbocycles. The number of aromatic nitrogens is 3. The molecule has 4 heterocycles. The zero-order valence-electron chi connectivity index (χ0n) is 13.6. The third kappa shape index (κ3) is 2.09. The first-order chi connectivity index (χ1) is 11.8. The highest BCUT2D eigenvalue weighted by Gasteiger charge is 2.23.